The minimum atomic E-state index is 0.232. The van der Waals surface area contributed by atoms with Crippen LogP contribution >= 0.6 is 0 Å². The zero-order chi connectivity index (χ0) is 7.56. The van der Waals surface area contributed by atoms with Crippen LogP contribution in [0.2, 0.25) is 0 Å². The van der Waals surface area contributed by atoms with Crippen LogP contribution in [-0.4, -0.2) is 23.9 Å². The van der Waals surface area contributed by atoms with Crippen LogP contribution in [0.4, 0.5) is 0 Å². The van der Waals surface area contributed by atoms with Gasteiger partial charge < -0.3 is 4.90 Å². The second-order valence-corrected chi connectivity index (χ2v) is 3.03. The molecule has 1 atom stereocenters. The first kappa shape index (κ1) is 7.58. The summed E-state index contributed by atoms with van der Waals surface area (Å²) >= 11 is 0. The lowest BCUT2D eigenvalue weighted by Gasteiger charge is -2.12. The third-order valence-corrected chi connectivity index (χ3v) is 2.31. The van der Waals surface area contributed by atoms with Crippen molar-refractivity contribution in [3.63, 3.8) is 0 Å². The Bertz CT molecular complexity index is 133. The summed E-state index contributed by atoms with van der Waals surface area (Å²) < 4.78 is 0. The Morgan fingerprint density at radius 2 is 2.40 bits per heavy atom. The molecule has 10 heavy (non-hydrogen) atoms. The molecular formula is C8H15NO. The van der Waals surface area contributed by atoms with E-state index in [-0.39, 0.29) is 5.91 Å². The van der Waals surface area contributed by atoms with Gasteiger partial charge in [-0.25, -0.2) is 0 Å². The summed E-state index contributed by atoms with van der Waals surface area (Å²) in [5, 5.41) is 0. The molecular weight excluding hydrogens is 126 g/mol. The van der Waals surface area contributed by atoms with Gasteiger partial charge in [0, 0.05) is 20.0 Å². The first-order valence-electron chi connectivity index (χ1n) is 3.99. The number of amides is 1. The summed E-state index contributed by atoms with van der Waals surface area (Å²) in [6, 6.07) is 0. The van der Waals surface area contributed by atoms with Crippen molar-refractivity contribution in [3.05, 3.63) is 0 Å². The Kier molecular flexibility index (Phi) is 2.30. The van der Waals surface area contributed by atoms with Crippen molar-refractivity contribution in [2.24, 2.45) is 5.92 Å². The minimum absolute atomic E-state index is 0.232. The largest absolute Gasteiger partial charge is 0.343 e. The standard InChI is InChI=1S/C8H15NO/c1-3-8-4-5-9(6-8)7(2)10/h8H,3-6H2,1-2H3/t8-/m0/s1. The summed E-state index contributed by atoms with van der Waals surface area (Å²) in [7, 11) is 0. The van der Waals surface area contributed by atoms with Crippen molar-refractivity contribution < 1.29 is 4.79 Å². The predicted molar refractivity (Wildman–Crippen MR) is 40.7 cm³/mol. The Hall–Kier alpha value is -0.530. The summed E-state index contributed by atoms with van der Waals surface area (Å²) in [5.74, 6) is 1.000. The molecule has 0 radical (unpaired) electrons. The first-order chi connectivity index (χ1) is 4.74. The lowest BCUT2D eigenvalue weighted by atomic mass is 10.1. The summed E-state index contributed by atoms with van der Waals surface area (Å²) in [4.78, 5) is 12.8. The summed E-state index contributed by atoms with van der Waals surface area (Å²) in [6.07, 6.45) is 2.42. The van der Waals surface area contributed by atoms with Crippen LogP contribution < -0.4 is 0 Å². The molecule has 1 aliphatic heterocycles. The molecule has 0 aliphatic carbocycles. The van der Waals surface area contributed by atoms with Gasteiger partial charge in [-0.15, -0.1) is 0 Å². The highest BCUT2D eigenvalue weighted by molar-refractivity contribution is 5.73. The summed E-state index contributed by atoms with van der Waals surface area (Å²) in [6.45, 7) is 5.81. The van der Waals surface area contributed by atoms with Crippen molar-refractivity contribution in [1.29, 1.82) is 0 Å². The molecule has 2 heteroatoms. The molecule has 2 nitrogen and oxygen atoms in total. The van der Waals surface area contributed by atoms with E-state index in [0.29, 0.717) is 0 Å². The van der Waals surface area contributed by atoms with Crippen LogP contribution in [0.1, 0.15) is 26.7 Å². The van der Waals surface area contributed by atoms with Gasteiger partial charge in [-0.3, -0.25) is 4.79 Å². The van der Waals surface area contributed by atoms with Crippen molar-refractivity contribution in [3.8, 4) is 0 Å². The average Bonchev–Trinajstić information content (AvgIpc) is 2.34. The van der Waals surface area contributed by atoms with E-state index in [1.165, 1.54) is 12.8 Å². The fourth-order valence-corrected chi connectivity index (χ4v) is 1.45. The van der Waals surface area contributed by atoms with Gasteiger partial charge in [0.15, 0.2) is 0 Å². The summed E-state index contributed by atoms with van der Waals surface area (Å²) in [5.41, 5.74) is 0. The van der Waals surface area contributed by atoms with E-state index in [1.54, 1.807) is 6.92 Å². The number of likely N-dealkylation sites (tertiary alicyclic amines) is 1. The van der Waals surface area contributed by atoms with Crippen LogP contribution in [0.15, 0.2) is 0 Å². The van der Waals surface area contributed by atoms with Crippen molar-refractivity contribution in [2.45, 2.75) is 26.7 Å². The molecule has 1 rings (SSSR count). The quantitative estimate of drug-likeness (QED) is 0.538. The second-order valence-electron chi connectivity index (χ2n) is 3.03. The first-order valence-corrected chi connectivity index (χ1v) is 3.99. The monoisotopic (exact) mass is 141 g/mol. The van der Waals surface area contributed by atoms with Crippen molar-refractivity contribution in [2.75, 3.05) is 13.1 Å². The van der Waals surface area contributed by atoms with Gasteiger partial charge in [-0.1, -0.05) is 13.3 Å². The fraction of sp³-hybridized carbons (Fsp3) is 0.875. The lowest BCUT2D eigenvalue weighted by Crippen LogP contribution is -2.25. The number of carbonyl (C=O) groups excluding carboxylic acids is 1. The lowest BCUT2D eigenvalue weighted by molar-refractivity contribution is -0.127. The third-order valence-electron chi connectivity index (χ3n) is 2.31. The highest BCUT2D eigenvalue weighted by atomic mass is 16.2. The topological polar surface area (TPSA) is 20.3 Å². The van der Waals surface area contributed by atoms with Gasteiger partial charge in [-0.05, 0) is 12.3 Å². The molecule has 1 saturated heterocycles. The molecule has 1 fully saturated rings. The average molecular weight is 141 g/mol. The smallest absolute Gasteiger partial charge is 0.219 e. The fourth-order valence-electron chi connectivity index (χ4n) is 1.45. The highest BCUT2D eigenvalue weighted by Gasteiger charge is 2.21. The molecule has 0 N–H and O–H groups in total. The molecule has 0 spiro atoms. The van der Waals surface area contributed by atoms with Crippen LogP contribution in [-0.2, 0) is 4.79 Å². The molecule has 1 heterocycles. The van der Waals surface area contributed by atoms with E-state index in [9.17, 15) is 4.79 Å². The van der Waals surface area contributed by atoms with E-state index < -0.39 is 0 Å². The molecule has 0 unspecified atom stereocenters. The Morgan fingerprint density at radius 3 is 2.70 bits per heavy atom. The molecule has 0 bridgehead atoms. The van der Waals surface area contributed by atoms with Crippen LogP contribution in [0, 0.1) is 5.92 Å². The highest BCUT2D eigenvalue weighted by Crippen LogP contribution is 2.18. The van der Waals surface area contributed by atoms with Crippen molar-refractivity contribution >= 4 is 5.91 Å². The zero-order valence-electron chi connectivity index (χ0n) is 6.76. The second kappa shape index (κ2) is 3.04. The van der Waals surface area contributed by atoms with Crippen LogP contribution in [0.3, 0.4) is 0 Å². The van der Waals surface area contributed by atoms with Gasteiger partial charge in [-0.2, -0.15) is 0 Å². The minimum Gasteiger partial charge on any atom is -0.343 e. The number of nitrogens with zero attached hydrogens (tertiary/aromatic N) is 1. The molecule has 58 valence electrons. The maximum Gasteiger partial charge on any atom is 0.219 e. The Morgan fingerprint density at radius 1 is 1.70 bits per heavy atom. The van der Waals surface area contributed by atoms with Gasteiger partial charge in [0.1, 0.15) is 0 Å². The van der Waals surface area contributed by atoms with E-state index in [1.807, 2.05) is 4.90 Å². The van der Waals surface area contributed by atoms with Gasteiger partial charge in [0.25, 0.3) is 0 Å². The van der Waals surface area contributed by atoms with E-state index in [2.05, 4.69) is 6.92 Å². The SMILES string of the molecule is CC[C@H]1CCN(C(C)=O)C1. The van der Waals surface area contributed by atoms with Crippen molar-refractivity contribution in [1.82, 2.24) is 4.90 Å². The predicted octanol–water partition coefficient (Wildman–Crippen LogP) is 1.26. The zero-order valence-corrected chi connectivity index (χ0v) is 6.76. The normalized spacial score (nSPS) is 25.4. The van der Waals surface area contributed by atoms with Gasteiger partial charge in [0.2, 0.25) is 5.91 Å². The molecule has 1 amide bonds. The molecule has 0 aromatic carbocycles. The van der Waals surface area contributed by atoms with E-state index in [0.717, 1.165) is 19.0 Å². The number of hydrogen-bond acceptors (Lipinski definition) is 1. The number of rotatable bonds is 1. The van der Waals surface area contributed by atoms with E-state index in [4.69, 9.17) is 0 Å². The van der Waals surface area contributed by atoms with Gasteiger partial charge >= 0.3 is 0 Å². The van der Waals surface area contributed by atoms with Crippen LogP contribution in [0.25, 0.3) is 0 Å². The maximum atomic E-state index is 10.8. The van der Waals surface area contributed by atoms with E-state index >= 15 is 0 Å². The molecule has 0 aromatic heterocycles. The molecule has 0 saturated carbocycles. The Labute approximate surface area is 62.2 Å². The number of hydrogen-bond donors (Lipinski definition) is 0. The van der Waals surface area contributed by atoms with Crippen LogP contribution in [0.5, 0.6) is 0 Å². The van der Waals surface area contributed by atoms with Gasteiger partial charge in [0.05, 0.1) is 0 Å². The Balaban J connectivity index is 2.35. The maximum absolute atomic E-state index is 10.8. The third kappa shape index (κ3) is 1.49. The molecule has 0 aromatic rings. The number of carbonyl (C=O) groups is 1. The molecule has 1 aliphatic rings.